The van der Waals surface area contributed by atoms with Gasteiger partial charge in [0.25, 0.3) is 11.8 Å². The van der Waals surface area contributed by atoms with Crippen LogP contribution in [0.5, 0.6) is 17.2 Å². The fourth-order valence-corrected chi connectivity index (χ4v) is 3.04. The number of hydrogen-bond donors (Lipinski definition) is 3. The summed E-state index contributed by atoms with van der Waals surface area (Å²) in [5.41, 5.74) is 0.924. The van der Waals surface area contributed by atoms with Crippen molar-refractivity contribution in [3.05, 3.63) is 114 Å². The number of anilines is 2. The van der Waals surface area contributed by atoms with E-state index in [1.54, 1.807) is 18.2 Å². The van der Waals surface area contributed by atoms with Crippen molar-refractivity contribution in [3.63, 3.8) is 0 Å². The first-order valence-corrected chi connectivity index (χ1v) is 10.1. The SMILES string of the molecule is O=C(Nc1ccc(Oc2ccc(O)cc2)cc1NC(=O)c1ccc(F)cc1)c1ccc(F)cc1. The number of halogens is 2. The minimum atomic E-state index is -0.529. The number of benzene rings is 4. The number of carbonyl (C=O) groups is 2. The highest BCUT2D eigenvalue weighted by Crippen LogP contribution is 2.31. The van der Waals surface area contributed by atoms with Gasteiger partial charge in [-0.15, -0.1) is 0 Å². The number of aromatic hydroxyl groups is 1. The summed E-state index contributed by atoms with van der Waals surface area (Å²) < 4.78 is 32.2. The van der Waals surface area contributed by atoms with Gasteiger partial charge < -0.3 is 20.5 Å². The van der Waals surface area contributed by atoms with Crippen molar-refractivity contribution in [2.24, 2.45) is 0 Å². The van der Waals surface area contributed by atoms with Crippen LogP contribution in [0, 0.1) is 11.6 Å². The summed E-state index contributed by atoms with van der Waals surface area (Å²) in [5.74, 6) is -1.12. The Kier molecular flexibility index (Phi) is 6.49. The van der Waals surface area contributed by atoms with Crippen LogP contribution < -0.4 is 15.4 Å². The van der Waals surface area contributed by atoms with Crippen LogP contribution >= 0.6 is 0 Å². The molecule has 4 aromatic rings. The van der Waals surface area contributed by atoms with E-state index in [-0.39, 0.29) is 28.3 Å². The summed E-state index contributed by atoms with van der Waals surface area (Å²) in [5, 5.41) is 14.8. The molecular formula is C26H18F2N2O4. The van der Waals surface area contributed by atoms with Gasteiger partial charge in [-0.2, -0.15) is 0 Å². The zero-order valence-corrected chi connectivity index (χ0v) is 17.6. The fourth-order valence-electron chi connectivity index (χ4n) is 3.04. The van der Waals surface area contributed by atoms with Crippen LogP contribution in [0.15, 0.2) is 91.0 Å². The lowest BCUT2D eigenvalue weighted by atomic mass is 10.1. The molecule has 0 fully saturated rings. The van der Waals surface area contributed by atoms with E-state index in [2.05, 4.69) is 10.6 Å². The molecule has 0 aliphatic carbocycles. The molecule has 0 saturated heterocycles. The summed E-state index contributed by atoms with van der Waals surface area (Å²) in [4.78, 5) is 25.4. The molecule has 0 unspecified atom stereocenters. The second-order valence-electron chi connectivity index (χ2n) is 7.23. The Morgan fingerprint density at radius 2 is 1.09 bits per heavy atom. The highest BCUT2D eigenvalue weighted by molar-refractivity contribution is 6.10. The summed E-state index contributed by atoms with van der Waals surface area (Å²) >= 11 is 0. The molecule has 0 heterocycles. The number of ether oxygens (including phenoxy) is 1. The minimum Gasteiger partial charge on any atom is -0.508 e. The van der Waals surface area contributed by atoms with Gasteiger partial charge in [0.1, 0.15) is 28.9 Å². The van der Waals surface area contributed by atoms with Crippen LogP contribution in [-0.4, -0.2) is 16.9 Å². The summed E-state index contributed by atoms with van der Waals surface area (Å²) in [6.45, 7) is 0. The first kappa shape index (κ1) is 22.5. The van der Waals surface area contributed by atoms with Crippen molar-refractivity contribution in [2.45, 2.75) is 0 Å². The minimum absolute atomic E-state index is 0.0819. The molecule has 0 bridgehead atoms. The van der Waals surface area contributed by atoms with E-state index >= 15 is 0 Å². The van der Waals surface area contributed by atoms with Crippen LogP contribution in [0.3, 0.4) is 0 Å². The van der Waals surface area contributed by atoms with Crippen molar-refractivity contribution in [2.75, 3.05) is 10.6 Å². The first-order valence-electron chi connectivity index (χ1n) is 10.1. The lowest BCUT2D eigenvalue weighted by Crippen LogP contribution is -2.17. The van der Waals surface area contributed by atoms with Crippen LogP contribution in [0.2, 0.25) is 0 Å². The standard InChI is InChI=1S/C26H18F2N2O4/c27-18-5-1-16(2-6-18)25(32)29-23-14-13-22(34-21-11-9-20(31)10-12-21)15-24(23)30-26(33)17-3-7-19(28)8-4-17/h1-15,31H,(H,29,32)(H,30,33). The Morgan fingerprint density at radius 1 is 0.618 bits per heavy atom. The molecule has 0 spiro atoms. The highest BCUT2D eigenvalue weighted by atomic mass is 19.1. The van der Waals surface area contributed by atoms with E-state index in [1.807, 2.05) is 0 Å². The average Bonchev–Trinajstić information content (AvgIpc) is 2.83. The van der Waals surface area contributed by atoms with Crippen LogP contribution in [0.1, 0.15) is 20.7 Å². The molecule has 4 aromatic carbocycles. The van der Waals surface area contributed by atoms with E-state index < -0.39 is 23.4 Å². The van der Waals surface area contributed by atoms with Gasteiger partial charge in [0.15, 0.2) is 0 Å². The third-order valence-electron chi connectivity index (χ3n) is 4.77. The molecule has 34 heavy (non-hydrogen) atoms. The smallest absolute Gasteiger partial charge is 0.255 e. The summed E-state index contributed by atoms with van der Waals surface area (Å²) in [6, 6.07) is 20.7. The lowest BCUT2D eigenvalue weighted by Gasteiger charge is -2.15. The molecule has 0 aliphatic heterocycles. The molecular weight excluding hydrogens is 442 g/mol. The van der Waals surface area contributed by atoms with E-state index in [1.165, 1.54) is 60.7 Å². The number of amides is 2. The highest BCUT2D eigenvalue weighted by Gasteiger charge is 2.14. The molecule has 0 radical (unpaired) electrons. The molecule has 8 heteroatoms. The summed E-state index contributed by atoms with van der Waals surface area (Å²) in [6.07, 6.45) is 0. The number of phenols is 1. The van der Waals surface area contributed by atoms with Gasteiger partial charge in [0.05, 0.1) is 11.4 Å². The number of rotatable bonds is 6. The Hall–Kier alpha value is -4.72. The Labute approximate surface area is 193 Å². The molecule has 0 saturated carbocycles. The number of phenolic OH excluding ortho intramolecular Hbond substituents is 1. The van der Waals surface area contributed by atoms with E-state index in [0.29, 0.717) is 11.5 Å². The van der Waals surface area contributed by atoms with Crippen molar-refractivity contribution in [1.82, 2.24) is 0 Å². The number of carbonyl (C=O) groups excluding carboxylic acids is 2. The molecule has 6 nitrogen and oxygen atoms in total. The Bertz CT molecular complexity index is 1320. The maximum Gasteiger partial charge on any atom is 0.255 e. The van der Waals surface area contributed by atoms with Crippen molar-refractivity contribution in [3.8, 4) is 17.2 Å². The molecule has 4 rings (SSSR count). The molecule has 2 amide bonds. The largest absolute Gasteiger partial charge is 0.508 e. The van der Waals surface area contributed by atoms with Gasteiger partial charge in [-0.05, 0) is 84.9 Å². The van der Waals surface area contributed by atoms with Crippen LogP contribution in [0.25, 0.3) is 0 Å². The van der Waals surface area contributed by atoms with E-state index in [0.717, 1.165) is 12.1 Å². The Morgan fingerprint density at radius 3 is 1.62 bits per heavy atom. The zero-order valence-electron chi connectivity index (χ0n) is 17.6. The normalized spacial score (nSPS) is 10.4. The quantitative estimate of drug-likeness (QED) is 0.331. The predicted octanol–water partition coefficient (Wildman–Crippen LogP) is 5.97. The second-order valence-corrected chi connectivity index (χ2v) is 7.23. The van der Waals surface area contributed by atoms with Gasteiger partial charge in [-0.25, -0.2) is 8.78 Å². The van der Waals surface area contributed by atoms with Crippen molar-refractivity contribution in [1.29, 1.82) is 0 Å². The van der Waals surface area contributed by atoms with Gasteiger partial charge in [-0.3, -0.25) is 9.59 Å². The van der Waals surface area contributed by atoms with E-state index in [9.17, 15) is 23.5 Å². The van der Waals surface area contributed by atoms with Gasteiger partial charge in [-0.1, -0.05) is 0 Å². The van der Waals surface area contributed by atoms with Crippen molar-refractivity contribution >= 4 is 23.2 Å². The molecule has 0 atom stereocenters. The third-order valence-corrected chi connectivity index (χ3v) is 4.77. The third kappa shape index (κ3) is 5.55. The van der Waals surface area contributed by atoms with E-state index in [4.69, 9.17) is 4.74 Å². The second kappa shape index (κ2) is 9.83. The molecule has 0 aliphatic rings. The fraction of sp³-hybridized carbons (Fsp3) is 0. The van der Waals surface area contributed by atoms with Crippen LogP contribution in [0.4, 0.5) is 20.2 Å². The number of nitrogens with one attached hydrogen (secondary N) is 2. The topological polar surface area (TPSA) is 87.7 Å². The molecule has 0 aromatic heterocycles. The molecule has 3 N–H and O–H groups in total. The lowest BCUT2D eigenvalue weighted by molar-refractivity contribution is 0.101. The number of hydrogen-bond acceptors (Lipinski definition) is 4. The van der Waals surface area contributed by atoms with Crippen molar-refractivity contribution < 1.29 is 28.2 Å². The monoisotopic (exact) mass is 460 g/mol. The predicted molar refractivity (Wildman–Crippen MR) is 123 cm³/mol. The Balaban J connectivity index is 1.62. The van der Waals surface area contributed by atoms with Gasteiger partial charge >= 0.3 is 0 Å². The van der Waals surface area contributed by atoms with Gasteiger partial charge in [0.2, 0.25) is 0 Å². The maximum absolute atomic E-state index is 13.2. The molecule has 170 valence electrons. The maximum atomic E-state index is 13.2. The van der Waals surface area contributed by atoms with Gasteiger partial charge in [0, 0.05) is 17.2 Å². The van der Waals surface area contributed by atoms with Crippen LogP contribution in [-0.2, 0) is 0 Å². The average molecular weight is 460 g/mol. The zero-order chi connectivity index (χ0) is 24.1. The summed E-state index contributed by atoms with van der Waals surface area (Å²) in [7, 11) is 0. The first-order chi connectivity index (χ1) is 16.4.